The molecule has 2 heterocycles. The molecule has 3 aromatic rings. The van der Waals surface area contributed by atoms with Crippen LogP contribution in [0.25, 0.3) is 11.1 Å². The van der Waals surface area contributed by atoms with Gasteiger partial charge in [0.1, 0.15) is 11.6 Å². The highest BCUT2D eigenvalue weighted by Gasteiger charge is 2.22. The Morgan fingerprint density at radius 1 is 1.12 bits per heavy atom. The summed E-state index contributed by atoms with van der Waals surface area (Å²) >= 11 is 6.18. The number of ether oxygens (including phenoxy) is 1. The van der Waals surface area contributed by atoms with Crippen LogP contribution in [0, 0.1) is 0 Å². The van der Waals surface area contributed by atoms with E-state index < -0.39 is 0 Å². The second-order valence-electron chi connectivity index (χ2n) is 6.40. The van der Waals surface area contributed by atoms with Crippen molar-refractivity contribution in [1.82, 2.24) is 4.98 Å². The van der Waals surface area contributed by atoms with Crippen molar-refractivity contribution in [3.05, 3.63) is 70.9 Å². The predicted molar refractivity (Wildman–Crippen MR) is 107 cm³/mol. The third-order valence-corrected chi connectivity index (χ3v) is 4.97. The summed E-state index contributed by atoms with van der Waals surface area (Å²) in [5, 5.41) is 4.24. The van der Waals surface area contributed by atoms with Crippen molar-refractivity contribution in [1.29, 1.82) is 0 Å². The summed E-state index contributed by atoms with van der Waals surface area (Å²) in [7, 11) is 3.76. The Morgan fingerprint density at radius 2 is 1.92 bits per heavy atom. The predicted octanol–water partition coefficient (Wildman–Crippen LogP) is 4.97. The molecule has 0 amide bonds. The van der Waals surface area contributed by atoms with Gasteiger partial charge in [-0.25, -0.2) is 4.98 Å². The molecule has 0 fully saturated rings. The quantitative estimate of drug-likeness (QED) is 0.708. The summed E-state index contributed by atoms with van der Waals surface area (Å²) in [5.41, 5.74) is 5.94. The molecule has 0 saturated carbocycles. The molecule has 1 aromatic heterocycles. The van der Waals surface area contributed by atoms with E-state index in [9.17, 15) is 0 Å². The lowest BCUT2D eigenvalue weighted by Gasteiger charge is -2.31. The number of benzene rings is 2. The maximum Gasteiger partial charge on any atom is 0.131 e. The Bertz CT molecular complexity index is 940. The topological polar surface area (TPSA) is 37.4 Å². The number of aromatic nitrogens is 1. The van der Waals surface area contributed by atoms with E-state index in [4.69, 9.17) is 16.3 Å². The van der Waals surface area contributed by atoms with Crippen LogP contribution >= 0.6 is 11.6 Å². The molecule has 0 saturated heterocycles. The Labute approximate surface area is 158 Å². The van der Waals surface area contributed by atoms with Crippen LogP contribution in [0.3, 0.4) is 0 Å². The number of pyridine rings is 1. The zero-order valence-corrected chi connectivity index (χ0v) is 15.5. The van der Waals surface area contributed by atoms with Gasteiger partial charge in [-0.2, -0.15) is 0 Å². The maximum absolute atomic E-state index is 6.18. The molecule has 1 aliphatic heterocycles. The van der Waals surface area contributed by atoms with Gasteiger partial charge in [0, 0.05) is 48.2 Å². The van der Waals surface area contributed by atoms with E-state index in [1.807, 2.05) is 30.5 Å². The fourth-order valence-electron chi connectivity index (χ4n) is 3.36. The van der Waals surface area contributed by atoms with Crippen molar-refractivity contribution in [3.63, 3.8) is 0 Å². The van der Waals surface area contributed by atoms with E-state index in [1.54, 1.807) is 7.11 Å². The minimum Gasteiger partial charge on any atom is -0.497 e. The first kappa shape index (κ1) is 16.7. The monoisotopic (exact) mass is 365 g/mol. The molecule has 132 valence electrons. The molecule has 0 spiro atoms. The van der Waals surface area contributed by atoms with Crippen molar-refractivity contribution in [2.45, 2.75) is 13.1 Å². The second-order valence-corrected chi connectivity index (χ2v) is 6.84. The van der Waals surface area contributed by atoms with Crippen LogP contribution in [-0.2, 0) is 13.1 Å². The highest BCUT2D eigenvalue weighted by atomic mass is 35.5. The van der Waals surface area contributed by atoms with Crippen LogP contribution in [0.4, 0.5) is 11.5 Å². The molecule has 1 N–H and O–H groups in total. The van der Waals surface area contributed by atoms with Crippen LogP contribution in [0.5, 0.6) is 5.75 Å². The highest BCUT2D eigenvalue weighted by Crippen LogP contribution is 2.41. The standard InChI is InChI=1S/C21H20ClN3O/c1-25-13-19-17(18-8-5-15(22)11-20(18)25)9-10-23-21(19)24-12-14-3-6-16(26-2)7-4-14/h3-11H,12-13H2,1-2H3,(H,23,24). The number of rotatable bonds is 4. The minimum atomic E-state index is 0.713. The van der Waals surface area contributed by atoms with Gasteiger partial charge in [0.2, 0.25) is 0 Å². The lowest BCUT2D eigenvalue weighted by Crippen LogP contribution is -2.23. The summed E-state index contributed by atoms with van der Waals surface area (Å²) < 4.78 is 5.21. The fraction of sp³-hybridized carbons (Fsp3) is 0.190. The lowest BCUT2D eigenvalue weighted by molar-refractivity contribution is 0.414. The smallest absolute Gasteiger partial charge is 0.131 e. The van der Waals surface area contributed by atoms with Crippen LogP contribution in [0.2, 0.25) is 5.02 Å². The van der Waals surface area contributed by atoms with Crippen molar-refractivity contribution in [2.24, 2.45) is 0 Å². The van der Waals surface area contributed by atoms with E-state index in [0.29, 0.717) is 6.54 Å². The number of nitrogens with zero attached hydrogens (tertiary/aromatic N) is 2. The molecule has 2 aromatic carbocycles. The average molecular weight is 366 g/mol. The molecule has 0 atom stereocenters. The zero-order chi connectivity index (χ0) is 18.1. The number of hydrogen-bond acceptors (Lipinski definition) is 4. The van der Waals surface area contributed by atoms with Gasteiger partial charge in [-0.15, -0.1) is 0 Å². The van der Waals surface area contributed by atoms with Crippen LogP contribution < -0.4 is 15.0 Å². The number of anilines is 2. The van der Waals surface area contributed by atoms with Crippen molar-refractivity contribution < 1.29 is 4.74 Å². The largest absolute Gasteiger partial charge is 0.497 e. The first-order valence-corrected chi connectivity index (χ1v) is 8.89. The number of methoxy groups -OCH3 is 1. The van der Waals surface area contributed by atoms with Gasteiger partial charge in [0.15, 0.2) is 0 Å². The molecule has 0 bridgehead atoms. The molecule has 4 rings (SSSR count). The number of halogens is 1. The molecule has 0 unspecified atom stereocenters. The summed E-state index contributed by atoms with van der Waals surface area (Å²) in [6.07, 6.45) is 1.86. The molecule has 5 heteroatoms. The molecule has 0 aliphatic carbocycles. The molecule has 26 heavy (non-hydrogen) atoms. The van der Waals surface area contributed by atoms with Crippen LogP contribution in [-0.4, -0.2) is 19.1 Å². The molecule has 4 nitrogen and oxygen atoms in total. The average Bonchev–Trinajstić information content (AvgIpc) is 2.67. The van der Waals surface area contributed by atoms with Gasteiger partial charge in [0.05, 0.1) is 7.11 Å². The zero-order valence-electron chi connectivity index (χ0n) is 14.8. The van der Waals surface area contributed by atoms with Crippen LogP contribution in [0.1, 0.15) is 11.1 Å². The third-order valence-electron chi connectivity index (χ3n) is 4.73. The van der Waals surface area contributed by atoms with E-state index in [1.165, 1.54) is 22.3 Å². The molecular weight excluding hydrogens is 346 g/mol. The van der Waals surface area contributed by atoms with E-state index in [0.717, 1.165) is 28.8 Å². The summed E-state index contributed by atoms with van der Waals surface area (Å²) in [5.74, 6) is 1.78. The minimum absolute atomic E-state index is 0.713. The van der Waals surface area contributed by atoms with Gasteiger partial charge in [-0.3, -0.25) is 0 Å². The maximum atomic E-state index is 6.18. The summed E-state index contributed by atoms with van der Waals surface area (Å²) in [6.45, 7) is 1.51. The Hall–Kier alpha value is -2.72. The first-order chi connectivity index (χ1) is 12.7. The van der Waals surface area contributed by atoms with Crippen molar-refractivity contribution in [3.8, 4) is 16.9 Å². The Morgan fingerprint density at radius 3 is 2.69 bits per heavy atom. The van der Waals surface area contributed by atoms with Crippen molar-refractivity contribution >= 4 is 23.1 Å². The Kier molecular flexibility index (Phi) is 4.43. The molecule has 1 aliphatic rings. The van der Waals surface area contributed by atoms with Crippen LogP contribution in [0.15, 0.2) is 54.7 Å². The van der Waals surface area contributed by atoms with Gasteiger partial charge in [0.25, 0.3) is 0 Å². The van der Waals surface area contributed by atoms with Gasteiger partial charge < -0.3 is 15.0 Å². The van der Waals surface area contributed by atoms with Gasteiger partial charge in [-0.1, -0.05) is 29.8 Å². The van der Waals surface area contributed by atoms with E-state index >= 15 is 0 Å². The van der Waals surface area contributed by atoms with Gasteiger partial charge >= 0.3 is 0 Å². The normalized spacial score (nSPS) is 12.3. The molecular formula is C21H20ClN3O. The van der Waals surface area contributed by atoms with Gasteiger partial charge in [-0.05, 0) is 41.5 Å². The number of nitrogens with one attached hydrogen (secondary N) is 1. The van der Waals surface area contributed by atoms with E-state index in [-0.39, 0.29) is 0 Å². The fourth-order valence-corrected chi connectivity index (χ4v) is 3.52. The lowest BCUT2D eigenvalue weighted by atomic mass is 9.94. The third kappa shape index (κ3) is 3.08. The summed E-state index contributed by atoms with van der Waals surface area (Å²) in [4.78, 5) is 6.79. The molecule has 0 radical (unpaired) electrons. The highest BCUT2D eigenvalue weighted by molar-refractivity contribution is 6.31. The SMILES string of the molecule is COc1ccc(CNc2nccc3c2CN(C)c2cc(Cl)ccc2-3)cc1. The van der Waals surface area contributed by atoms with E-state index in [2.05, 4.69) is 46.5 Å². The Balaban J connectivity index is 1.63. The second kappa shape index (κ2) is 6.89. The number of fused-ring (bicyclic) bond motifs is 3. The van der Waals surface area contributed by atoms with Crippen molar-refractivity contribution in [2.75, 3.05) is 24.4 Å². The summed E-state index contributed by atoms with van der Waals surface area (Å²) in [6, 6.07) is 16.2. The first-order valence-electron chi connectivity index (χ1n) is 8.51. The number of hydrogen-bond donors (Lipinski definition) is 1.